The molecular weight excluding hydrogens is 316 g/mol. The number of ether oxygens (including phenoxy) is 1. The van der Waals surface area contributed by atoms with Crippen molar-refractivity contribution in [2.24, 2.45) is 5.92 Å². The first-order valence-electron chi connectivity index (χ1n) is 8.35. The molecule has 2 rings (SSSR count). The lowest BCUT2D eigenvalue weighted by atomic mass is 10.1. The van der Waals surface area contributed by atoms with Crippen LogP contribution in [0.5, 0.6) is 0 Å². The van der Waals surface area contributed by atoms with E-state index in [1.165, 1.54) is 0 Å². The molecule has 0 atom stereocenters. The highest BCUT2D eigenvalue weighted by molar-refractivity contribution is 6.03. The second-order valence-electron chi connectivity index (χ2n) is 6.18. The second kappa shape index (κ2) is 9.59. The smallest absolute Gasteiger partial charge is 0.253 e. The van der Waals surface area contributed by atoms with E-state index >= 15 is 0 Å². The SMILES string of the molecule is CC(C)CNC(=O)c1ccccc1NC(=O)COCc1ccccc1. The molecule has 0 aliphatic rings. The van der Waals surface area contributed by atoms with Crippen molar-refractivity contribution >= 4 is 17.5 Å². The first-order chi connectivity index (χ1) is 12.1. The van der Waals surface area contributed by atoms with Crippen molar-refractivity contribution in [1.29, 1.82) is 0 Å². The summed E-state index contributed by atoms with van der Waals surface area (Å²) in [6.07, 6.45) is 0. The van der Waals surface area contributed by atoms with Crippen molar-refractivity contribution in [2.45, 2.75) is 20.5 Å². The highest BCUT2D eigenvalue weighted by Gasteiger charge is 2.13. The largest absolute Gasteiger partial charge is 0.367 e. The van der Waals surface area contributed by atoms with Gasteiger partial charge >= 0.3 is 0 Å². The highest BCUT2D eigenvalue weighted by atomic mass is 16.5. The maximum atomic E-state index is 12.3. The summed E-state index contributed by atoms with van der Waals surface area (Å²) in [5.74, 6) is -0.132. The molecule has 2 N–H and O–H groups in total. The Bertz CT molecular complexity index is 699. The van der Waals surface area contributed by atoms with E-state index in [9.17, 15) is 9.59 Å². The number of carbonyl (C=O) groups excluding carboxylic acids is 2. The van der Waals surface area contributed by atoms with Gasteiger partial charge in [0.2, 0.25) is 5.91 Å². The first-order valence-corrected chi connectivity index (χ1v) is 8.35. The van der Waals surface area contributed by atoms with E-state index < -0.39 is 0 Å². The van der Waals surface area contributed by atoms with E-state index in [1.807, 2.05) is 44.2 Å². The van der Waals surface area contributed by atoms with E-state index in [0.29, 0.717) is 30.3 Å². The standard InChI is InChI=1S/C20H24N2O3/c1-15(2)12-21-20(24)17-10-6-7-11-18(17)22-19(23)14-25-13-16-8-4-3-5-9-16/h3-11,15H,12-14H2,1-2H3,(H,21,24)(H,22,23). The molecule has 5 heteroatoms. The molecule has 132 valence electrons. The normalized spacial score (nSPS) is 10.5. The lowest BCUT2D eigenvalue weighted by Crippen LogP contribution is -2.29. The minimum absolute atomic E-state index is 0.0726. The number of anilines is 1. The number of hydrogen-bond donors (Lipinski definition) is 2. The lowest BCUT2D eigenvalue weighted by molar-refractivity contribution is -0.121. The van der Waals surface area contributed by atoms with Crippen LogP contribution in [0, 0.1) is 5.92 Å². The monoisotopic (exact) mass is 340 g/mol. The predicted molar refractivity (Wildman–Crippen MR) is 98.3 cm³/mol. The van der Waals surface area contributed by atoms with E-state index in [0.717, 1.165) is 5.56 Å². The molecule has 0 aromatic heterocycles. The van der Waals surface area contributed by atoms with Gasteiger partial charge in [0.1, 0.15) is 6.61 Å². The Morgan fingerprint density at radius 1 is 1.00 bits per heavy atom. The van der Waals surface area contributed by atoms with Crippen molar-refractivity contribution < 1.29 is 14.3 Å². The van der Waals surface area contributed by atoms with Gasteiger partial charge in [-0.2, -0.15) is 0 Å². The van der Waals surface area contributed by atoms with Gasteiger partial charge in [0.05, 0.1) is 17.9 Å². The molecule has 25 heavy (non-hydrogen) atoms. The Hall–Kier alpha value is -2.66. The van der Waals surface area contributed by atoms with Crippen LogP contribution >= 0.6 is 0 Å². The van der Waals surface area contributed by atoms with Crippen LogP contribution in [0.15, 0.2) is 54.6 Å². The van der Waals surface area contributed by atoms with Crippen LogP contribution in [0.3, 0.4) is 0 Å². The summed E-state index contributed by atoms with van der Waals surface area (Å²) in [6, 6.07) is 16.6. The first kappa shape index (κ1) is 18.7. The van der Waals surface area contributed by atoms with Crippen LogP contribution in [-0.4, -0.2) is 25.0 Å². The maximum absolute atomic E-state index is 12.3. The average Bonchev–Trinajstić information content (AvgIpc) is 2.61. The Kier molecular flexibility index (Phi) is 7.16. The summed E-state index contributed by atoms with van der Waals surface area (Å²) in [4.78, 5) is 24.3. The fraction of sp³-hybridized carbons (Fsp3) is 0.300. The fourth-order valence-corrected chi connectivity index (χ4v) is 2.20. The van der Waals surface area contributed by atoms with Crippen LogP contribution in [0.25, 0.3) is 0 Å². The topological polar surface area (TPSA) is 67.4 Å². The molecule has 0 radical (unpaired) electrons. The molecule has 0 aliphatic carbocycles. The molecule has 2 amide bonds. The third-order valence-electron chi connectivity index (χ3n) is 3.46. The van der Waals surface area contributed by atoms with E-state index in [1.54, 1.807) is 24.3 Å². The molecule has 0 fully saturated rings. The number of carbonyl (C=O) groups is 2. The van der Waals surface area contributed by atoms with Gasteiger partial charge in [0, 0.05) is 6.54 Å². The van der Waals surface area contributed by atoms with Crippen molar-refractivity contribution in [3.05, 3.63) is 65.7 Å². The van der Waals surface area contributed by atoms with Crippen LogP contribution in [0.1, 0.15) is 29.8 Å². The Morgan fingerprint density at radius 3 is 2.40 bits per heavy atom. The summed E-state index contributed by atoms with van der Waals surface area (Å²) in [6.45, 7) is 4.93. The van der Waals surface area contributed by atoms with Gasteiger partial charge in [-0.1, -0.05) is 56.3 Å². The van der Waals surface area contributed by atoms with Gasteiger partial charge in [-0.3, -0.25) is 9.59 Å². The van der Waals surface area contributed by atoms with Crippen molar-refractivity contribution in [3.8, 4) is 0 Å². The quantitative estimate of drug-likeness (QED) is 0.775. The predicted octanol–water partition coefficient (Wildman–Crippen LogP) is 3.23. The zero-order valence-electron chi connectivity index (χ0n) is 14.6. The molecule has 0 heterocycles. The molecule has 0 saturated carbocycles. The number of para-hydroxylation sites is 1. The van der Waals surface area contributed by atoms with Crippen molar-refractivity contribution in [3.63, 3.8) is 0 Å². The summed E-state index contributed by atoms with van der Waals surface area (Å²) >= 11 is 0. The fourth-order valence-electron chi connectivity index (χ4n) is 2.20. The van der Waals surface area contributed by atoms with Gasteiger partial charge in [-0.05, 0) is 23.6 Å². The zero-order valence-corrected chi connectivity index (χ0v) is 14.6. The van der Waals surface area contributed by atoms with Crippen molar-refractivity contribution in [1.82, 2.24) is 5.32 Å². The maximum Gasteiger partial charge on any atom is 0.253 e. The van der Waals surface area contributed by atoms with Crippen LogP contribution in [-0.2, 0) is 16.1 Å². The minimum atomic E-state index is -0.292. The highest BCUT2D eigenvalue weighted by Crippen LogP contribution is 2.15. The molecule has 0 unspecified atom stereocenters. The van der Waals surface area contributed by atoms with E-state index in [4.69, 9.17) is 4.74 Å². The molecular formula is C20H24N2O3. The molecule has 2 aromatic carbocycles. The van der Waals surface area contributed by atoms with Crippen LogP contribution in [0.4, 0.5) is 5.69 Å². The number of amides is 2. The molecule has 5 nitrogen and oxygen atoms in total. The number of benzene rings is 2. The third kappa shape index (κ3) is 6.39. The van der Waals surface area contributed by atoms with E-state index in [2.05, 4.69) is 10.6 Å². The van der Waals surface area contributed by atoms with Gasteiger partial charge < -0.3 is 15.4 Å². The van der Waals surface area contributed by atoms with Crippen LogP contribution < -0.4 is 10.6 Å². The average molecular weight is 340 g/mol. The van der Waals surface area contributed by atoms with Crippen LogP contribution in [0.2, 0.25) is 0 Å². The Labute approximate surface area is 148 Å². The summed E-state index contributed by atoms with van der Waals surface area (Å²) in [5.41, 5.74) is 1.93. The molecule has 0 bridgehead atoms. The number of hydrogen-bond acceptors (Lipinski definition) is 3. The minimum Gasteiger partial charge on any atom is -0.367 e. The summed E-state index contributed by atoms with van der Waals surface area (Å²) in [5, 5.41) is 5.60. The lowest BCUT2D eigenvalue weighted by Gasteiger charge is -2.12. The molecule has 0 saturated heterocycles. The Balaban J connectivity index is 1.88. The molecule has 0 spiro atoms. The summed E-state index contributed by atoms with van der Waals surface area (Å²) < 4.78 is 5.42. The second-order valence-corrected chi connectivity index (χ2v) is 6.18. The van der Waals surface area contributed by atoms with E-state index in [-0.39, 0.29) is 18.4 Å². The van der Waals surface area contributed by atoms with Crippen molar-refractivity contribution in [2.75, 3.05) is 18.5 Å². The van der Waals surface area contributed by atoms with Gasteiger partial charge in [-0.15, -0.1) is 0 Å². The summed E-state index contributed by atoms with van der Waals surface area (Å²) in [7, 11) is 0. The third-order valence-corrected chi connectivity index (χ3v) is 3.46. The van der Waals surface area contributed by atoms with Gasteiger partial charge in [-0.25, -0.2) is 0 Å². The molecule has 0 aliphatic heterocycles. The zero-order chi connectivity index (χ0) is 18.1. The molecule has 2 aromatic rings. The number of nitrogens with one attached hydrogen (secondary N) is 2. The Morgan fingerprint density at radius 2 is 1.68 bits per heavy atom. The number of rotatable bonds is 8. The van der Waals surface area contributed by atoms with Gasteiger partial charge in [0.15, 0.2) is 0 Å². The van der Waals surface area contributed by atoms with Gasteiger partial charge in [0.25, 0.3) is 5.91 Å².